The van der Waals surface area contributed by atoms with Crippen LogP contribution < -0.4 is 0 Å². The number of rotatable bonds is 6. The van der Waals surface area contributed by atoms with Crippen LogP contribution in [-0.2, 0) is 4.74 Å². The molecule has 0 saturated carbocycles. The Labute approximate surface area is 111 Å². The number of aryl methyl sites for hydroxylation is 1. The number of ether oxygens (including phenoxy) is 1. The first-order valence-corrected chi connectivity index (χ1v) is 6.70. The molecular weight excluding hydrogens is 224 g/mol. The second-order valence-electron chi connectivity index (χ2n) is 5.75. The summed E-state index contributed by atoms with van der Waals surface area (Å²) < 4.78 is 5.86. The number of aliphatic hydroxyl groups is 1. The third kappa shape index (κ3) is 3.56. The van der Waals surface area contributed by atoms with Gasteiger partial charge in [-0.1, -0.05) is 38.1 Å². The Morgan fingerprint density at radius 1 is 1.22 bits per heavy atom. The van der Waals surface area contributed by atoms with Crippen LogP contribution in [0.3, 0.4) is 0 Å². The summed E-state index contributed by atoms with van der Waals surface area (Å²) in [4.78, 5) is 0. The quantitative estimate of drug-likeness (QED) is 0.837. The van der Waals surface area contributed by atoms with Gasteiger partial charge in [-0.25, -0.2) is 0 Å². The maximum atomic E-state index is 8.95. The number of hydrogen-bond acceptors (Lipinski definition) is 2. The average Bonchev–Trinajstić information content (AvgIpc) is 2.29. The molecule has 2 heteroatoms. The highest BCUT2D eigenvalue weighted by atomic mass is 16.5. The highest BCUT2D eigenvalue weighted by Gasteiger charge is 2.34. The van der Waals surface area contributed by atoms with Gasteiger partial charge >= 0.3 is 0 Å². The monoisotopic (exact) mass is 250 g/mol. The fourth-order valence-electron chi connectivity index (χ4n) is 2.87. The van der Waals surface area contributed by atoms with Crippen molar-refractivity contribution in [3.8, 4) is 0 Å². The van der Waals surface area contributed by atoms with Gasteiger partial charge in [-0.2, -0.15) is 0 Å². The van der Waals surface area contributed by atoms with Crippen molar-refractivity contribution < 1.29 is 9.84 Å². The summed E-state index contributed by atoms with van der Waals surface area (Å²) in [5.41, 5.74) is 2.37. The fourth-order valence-corrected chi connectivity index (χ4v) is 2.87. The molecule has 102 valence electrons. The second-order valence-corrected chi connectivity index (χ2v) is 5.75. The molecule has 1 N–H and O–H groups in total. The molecule has 2 nitrogen and oxygen atoms in total. The van der Waals surface area contributed by atoms with E-state index in [-0.39, 0.29) is 12.2 Å². The maximum Gasteiger partial charge on any atom is 0.0705 e. The predicted octanol–water partition coefficient (Wildman–Crippen LogP) is 3.52. The van der Waals surface area contributed by atoms with Gasteiger partial charge in [0.05, 0.1) is 18.8 Å². The predicted molar refractivity (Wildman–Crippen MR) is 75.9 cm³/mol. The fraction of sp³-hybridized carbons (Fsp3) is 0.625. The Morgan fingerprint density at radius 2 is 1.83 bits per heavy atom. The highest BCUT2D eigenvalue weighted by molar-refractivity contribution is 5.31. The largest absolute Gasteiger partial charge is 0.394 e. The van der Waals surface area contributed by atoms with Crippen LogP contribution in [0.5, 0.6) is 0 Å². The minimum Gasteiger partial charge on any atom is -0.394 e. The van der Waals surface area contributed by atoms with E-state index < -0.39 is 0 Å². The van der Waals surface area contributed by atoms with E-state index in [0.717, 1.165) is 0 Å². The van der Waals surface area contributed by atoms with Gasteiger partial charge in [-0.3, -0.25) is 0 Å². The van der Waals surface area contributed by atoms with E-state index >= 15 is 0 Å². The molecular formula is C16H26O2. The van der Waals surface area contributed by atoms with Gasteiger partial charge in [-0.05, 0) is 37.8 Å². The van der Waals surface area contributed by atoms with Crippen LogP contribution in [0.4, 0.5) is 0 Å². The van der Waals surface area contributed by atoms with Gasteiger partial charge in [0.25, 0.3) is 0 Å². The van der Waals surface area contributed by atoms with Gasteiger partial charge in [0.15, 0.2) is 0 Å². The van der Waals surface area contributed by atoms with E-state index in [0.29, 0.717) is 18.4 Å². The molecule has 0 aliphatic rings. The molecule has 1 aromatic carbocycles. The summed E-state index contributed by atoms with van der Waals surface area (Å²) in [6.45, 7) is 11.3. The lowest BCUT2D eigenvalue weighted by Crippen LogP contribution is -2.37. The molecule has 0 aliphatic heterocycles. The average molecular weight is 250 g/mol. The standard InChI is InChI=1S/C16H26O2/c1-12(2)15(16(4,5)18-11-10-17)14-9-7-6-8-13(14)3/h6-9,12,15,17H,10-11H2,1-5H3. The summed E-state index contributed by atoms with van der Waals surface area (Å²) in [5, 5.41) is 8.95. The maximum absolute atomic E-state index is 8.95. The van der Waals surface area contributed by atoms with E-state index in [1.165, 1.54) is 11.1 Å². The molecule has 1 unspecified atom stereocenters. The van der Waals surface area contributed by atoms with Crippen molar-refractivity contribution in [2.24, 2.45) is 5.92 Å². The van der Waals surface area contributed by atoms with E-state index in [2.05, 4.69) is 58.9 Å². The van der Waals surface area contributed by atoms with Crippen molar-refractivity contribution in [1.82, 2.24) is 0 Å². The van der Waals surface area contributed by atoms with Crippen LogP contribution in [-0.4, -0.2) is 23.9 Å². The van der Waals surface area contributed by atoms with Crippen LogP contribution in [0.2, 0.25) is 0 Å². The first kappa shape index (κ1) is 15.2. The zero-order valence-corrected chi connectivity index (χ0v) is 12.2. The van der Waals surface area contributed by atoms with E-state index in [1.807, 2.05) is 0 Å². The smallest absolute Gasteiger partial charge is 0.0705 e. The van der Waals surface area contributed by atoms with Gasteiger partial charge in [0.2, 0.25) is 0 Å². The van der Waals surface area contributed by atoms with Gasteiger partial charge in [0.1, 0.15) is 0 Å². The lowest BCUT2D eigenvalue weighted by Gasteiger charge is -2.38. The molecule has 0 aromatic heterocycles. The Hall–Kier alpha value is -0.860. The van der Waals surface area contributed by atoms with E-state index in [9.17, 15) is 0 Å². The molecule has 0 heterocycles. The lowest BCUT2D eigenvalue weighted by atomic mass is 9.75. The molecule has 0 amide bonds. The van der Waals surface area contributed by atoms with Crippen LogP contribution in [0.1, 0.15) is 44.7 Å². The molecule has 0 saturated heterocycles. The van der Waals surface area contributed by atoms with E-state index in [1.54, 1.807) is 0 Å². The minimum absolute atomic E-state index is 0.0714. The van der Waals surface area contributed by atoms with Crippen LogP contribution in [0, 0.1) is 12.8 Å². The highest BCUT2D eigenvalue weighted by Crippen LogP contribution is 2.38. The van der Waals surface area contributed by atoms with Crippen LogP contribution in [0.25, 0.3) is 0 Å². The van der Waals surface area contributed by atoms with Gasteiger partial charge in [0, 0.05) is 5.92 Å². The summed E-state index contributed by atoms with van der Waals surface area (Å²) in [6, 6.07) is 8.48. The molecule has 0 radical (unpaired) electrons. The minimum atomic E-state index is -0.275. The molecule has 18 heavy (non-hydrogen) atoms. The van der Waals surface area contributed by atoms with Crippen molar-refractivity contribution >= 4 is 0 Å². The third-order valence-electron chi connectivity index (χ3n) is 3.50. The van der Waals surface area contributed by atoms with Crippen molar-refractivity contribution in [3.63, 3.8) is 0 Å². The van der Waals surface area contributed by atoms with Crippen molar-refractivity contribution in [3.05, 3.63) is 35.4 Å². The Bertz CT molecular complexity index is 369. The zero-order chi connectivity index (χ0) is 13.8. The number of aliphatic hydroxyl groups excluding tert-OH is 1. The van der Waals surface area contributed by atoms with Crippen molar-refractivity contribution in [2.45, 2.75) is 46.1 Å². The van der Waals surface area contributed by atoms with Crippen LogP contribution in [0.15, 0.2) is 24.3 Å². The lowest BCUT2D eigenvalue weighted by molar-refractivity contribution is -0.0599. The zero-order valence-electron chi connectivity index (χ0n) is 12.2. The first-order valence-electron chi connectivity index (χ1n) is 6.70. The Kier molecular flexibility index (Phi) is 5.36. The molecule has 1 atom stereocenters. The van der Waals surface area contributed by atoms with Crippen molar-refractivity contribution in [2.75, 3.05) is 13.2 Å². The molecule has 0 aliphatic carbocycles. The van der Waals surface area contributed by atoms with Gasteiger partial charge < -0.3 is 9.84 Å². The summed E-state index contributed by atoms with van der Waals surface area (Å²) in [7, 11) is 0. The molecule has 0 fully saturated rings. The Balaban J connectivity index is 3.07. The normalized spacial score (nSPS) is 13.9. The molecule has 0 spiro atoms. The molecule has 1 rings (SSSR count). The van der Waals surface area contributed by atoms with Crippen molar-refractivity contribution in [1.29, 1.82) is 0 Å². The van der Waals surface area contributed by atoms with Gasteiger partial charge in [-0.15, -0.1) is 0 Å². The second kappa shape index (κ2) is 6.35. The van der Waals surface area contributed by atoms with E-state index in [4.69, 9.17) is 9.84 Å². The summed E-state index contributed by atoms with van der Waals surface area (Å²) in [5.74, 6) is 0.810. The SMILES string of the molecule is Cc1ccccc1C(C(C)C)C(C)(C)OCCO. The number of hydrogen-bond donors (Lipinski definition) is 1. The summed E-state index contributed by atoms with van der Waals surface area (Å²) >= 11 is 0. The Morgan fingerprint density at radius 3 is 2.33 bits per heavy atom. The molecule has 0 bridgehead atoms. The van der Waals surface area contributed by atoms with Crippen LogP contribution >= 0.6 is 0 Å². The number of benzene rings is 1. The topological polar surface area (TPSA) is 29.5 Å². The first-order chi connectivity index (χ1) is 8.40. The third-order valence-corrected chi connectivity index (χ3v) is 3.50. The summed E-state index contributed by atoms with van der Waals surface area (Å²) in [6.07, 6.45) is 0. The molecule has 1 aromatic rings.